The molecule has 0 aliphatic heterocycles. The number of rotatable bonds is 10. The maximum atomic E-state index is 12.4. The monoisotopic (exact) mass is 463 g/mol. The van der Waals surface area contributed by atoms with Crippen LogP contribution in [0.5, 0.6) is 0 Å². The summed E-state index contributed by atoms with van der Waals surface area (Å²) in [5, 5.41) is 10.00. The predicted molar refractivity (Wildman–Crippen MR) is 128 cm³/mol. The molecule has 0 aromatic heterocycles. The molecule has 0 aromatic carbocycles. The first-order valence-electron chi connectivity index (χ1n) is 11.6. The van der Waals surface area contributed by atoms with Crippen LogP contribution in [0.2, 0.25) is 6.04 Å². The van der Waals surface area contributed by atoms with E-state index in [4.69, 9.17) is 23.2 Å². The molecule has 0 aromatic rings. The summed E-state index contributed by atoms with van der Waals surface area (Å²) in [4.78, 5) is 20.7. The second kappa shape index (κ2) is 18.6. The summed E-state index contributed by atoms with van der Waals surface area (Å²) in [5.41, 5.74) is -0.158. The van der Waals surface area contributed by atoms with Gasteiger partial charge in [-0.3, -0.25) is 9.59 Å². The summed E-state index contributed by atoms with van der Waals surface area (Å²) in [6.45, 7) is 10.3. The van der Waals surface area contributed by atoms with Crippen LogP contribution in [0.1, 0.15) is 92.4 Å². The van der Waals surface area contributed by atoms with Gasteiger partial charge in [0.25, 0.3) is 6.47 Å². The van der Waals surface area contributed by atoms with E-state index in [0.29, 0.717) is 5.92 Å². The number of carbonyl (C=O) groups is 2. The van der Waals surface area contributed by atoms with E-state index in [9.17, 15) is 4.79 Å². The highest BCUT2D eigenvalue weighted by Gasteiger charge is 2.39. The van der Waals surface area contributed by atoms with Gasteiger partial charge in [-0.1, -0.05) is 52.4 Å². The van der Waals surface area contributed by atoms with Gasteiger partial charge in [0.05, 0.1) is 0 Å². The Bertz CT molecular complexity index is 440. The average Bonchev–Trinajstić information content (AvgIpc) is 2.74. The Balaban J connectivity index is 0. The maximum Gasteiger partial charge on any atom is 0.500 e. The zero-order valence-corrected chi connectivity index (χ0v) is 22.3. The average molecular weight is 464 g/mol. The van der Waals surface area contributed by atoms with Gasteiger partial charge in [-0.2, -0.15) is 0 Å². The lowest BCUT2D eigenvalue weighted by Gasteiger charge is -2.32. The quantitative estimate of drug-likeness (QED) is 0.261. The molecule has 1 rings (SSSR count). The first kappa shape index (κ1) is 32.2. The number of amides is 1. The smallest absolute Gasteiger partial charge is 0.483 e. The summed E-state index contributed by atoms with van der Waals surface area (Å²) < 4.78 is 16.4. The fraction of sp³-hybridized carbons (Fsp3) is 0.913. The molecule has 7 nitrogen and oxygen atoms in total. The zero-order valence-electron chi connectivity index (χ0n) is 21.3. The Morgan fingerprint density at radius 1 is 1.06 bits per heavy atom. The SMILES string of the molecule is CCCCCC.CO[Si](CCC1CCCC(C(=O)NC(C)(C)C)C1)(OC)OC.O=CO. The van der Waals surface area contributed by atoms with E-state index < -0.39 is 8.80 Å². The first-order valence-corrected chi connectivity index (χ1v) is 13.6. The minimum atomic E-state index is -2.49. The molecule has 2 N–H and O–H groups in total. The van der Waals surface area contributed by atoms with Crippen LogP contribution >= 0.6 is 0 Å². The van der Waals surface area contributed by atoms with Crippen molar-refractivity contribution in [3.05, 3.63) is 0 Å². The Hall–Kier alpha value is -0.963. The zero-order chi connectivity index (χ0) is 24.3. The van der Waals surface area contributed by atoms with Crippen molar-refractivity contribution in [3.63, 3.8) is 0 Å². The molecule has 0 saturated heterocycles. The lowest BCUT2D eigenvalue weighted by molar-refractivity contribution is -0.128. The number of carbonyl (C=O) groups excluding carboxylic acids is 1. The highest BCUT2D eigenvalue weighted by Crippen LogP contribution is 2.34. The van der Waals surface area contributed by atoms with Crippen LogP contribution in [0.25, 0.3) is 0 Å². The van der Waals surface area contributed by atoms with Gasteiger partial charge in [-0.15, -0.1) is 0 Å². The first-order chi connectivity index (χ1) is 14.6. The number of hydrogen-bond acceptors (Lipinski definition) is 5. The highest BCUT2D eigenvalue weighted by atomic mass is 28.4. The minimum absolute atomic E-state index is 0.140. The van der Waals surface area contributed by atoms with Crippen molar-refractivity contribution in [1.29, 1.82) is 0 Å². The van der Waals surface area contributed by atoms with Crippen LogP contribution in [0, 0.1) is 11.8 Å². The standard InChI is InChI=1S/C16H33NO4Si.C6H14.CH2O2/c1-16(2,3)17-15(18)14-9-7-8-13(12-14)10-11-22(19-4,20-5)21-6;1-3-5-6-4-2;2-1-3/h13-14H,7-12H2,1-6H3,(H,17,18);3-6H2,1-2H3;1H,(H,2,3). The van der Waals surface area contributed by atoms with E-state index in [-0.39, 0.29) is 23.8 Å². The normalized spacial score (nSPS) is 18.7. The van der Waals surface area contributed by atoms with Gasteiger partial charge in [0, 0.05) is 38.8 Å². The van der Waals surface area contributed by atoms with E-state index in [0.717, 1.165) is 31.7 Å². The van der Waals surface area contributed by atoms with Gasteiger partial charge >= 0.3 is 8.80 Å². The molecule has 1 saturated carbocycles. The van der Waals surface area contributed by atoms with Crippen molar-refractivity contribution in [2.24, 2.45) is 11.8 Å². The summed E-state index contributed by atoms with van der Waals surface area (Å²) in [7, 11) is 2.47. The Morgan fingerprint density at radius 2 is 1.55 bits per heavy atom. The van der Waals surface area contributed by atoms with E-state index in [1.54, 1.807) is 21.3 Å². The Kier molecular flexibility index (Phi) is 19.3. The third-order valence-electron chi connectivity index (χ3n) is 5.40. The third kappa shape index (κ3) is 16.3. The van der Waals surface area contributed by atoms with Crippen LogP contribution in [-0.2, 0) is 22.9 Å². The van der Waals surface area contributed by atoms with Crippen LogP contribution < -0.4 is 5.32 Å². The highest BCUT2D eigenvalue weighted by molar-refractivity contribution is 6.60. The minimum Gasteiger partial charge on any atom is -0.483 e. The molecule has 2 unspecified atom stereocenters. The van der Waals surface area contributed by atoms with Crippen molar-refractivity contribution in [1.82, 2.24) is 5.32 Å². The molecule has 2 atom stereocenters. The van der Waals surface area contributed by atoms with Gasteiger partial charge in [-0.05, 0) is 46.0 Å². The van der Waals surface area contributed by atoms with Gasteiger partial charge in [0.1, 0.15) is 0 Å². The molecular formula is C23H49NO6Si. The molecule has 1 aliphatic rings. The lowest BCUT2D eigenvalue weighted by atomic mass is 9.79. The van der Waals surface area contributed by atoms with E-state index in [1.807, 2.05) is 20.8 Å². The van der Waals surface area contributed by atoms with Gasteiger partial charge in [0.15, 0.2) is 0 Å². The van der Waals surface area contributed by atoms with Crippen molar-refractivity contribution < 1.29 is 28.0 Å². The van der Waals surface area contributed by atoms with Gasteiger partial charge in [-0.25, -0.2) is 0 Å². The van der Waals surface area contributed by atoms with Crippen LogP contribution in [0.15, 0.2) is 0 Å². The molecule has 31 heavy (non-hydrogen) atoms. The largest absolute Gasteiger partial charge is 0.500 e. The number of unbranched alkanes of at least 4 members (excludes halogenated alkanes) is 3. The fourth-order valence-electron chi connectivity index (χ4n) is 3.70. The molecule has 1 aliphatic carbocycles. The van der Waals surface area contributed by atoms with Crippen LogP contribution in [0.4, 0.5) is 0 Å². The van der Waals surface area contributed by atoms with E-state index in [1.165, 1.54) is 32.1 Å². The molecule has 0 bridgehead atoms. The Labute approximate surface area is 192 Å². The summed E-state index contributed by atoms with van der Waals surface area (Å²) in [6.07, 6.45) is 10.8. The molecule has 0 heterocycles. The molecular weight excluding hydrogens is 414 g/mol. The molecule has 186 valence electrons. The second-order valence-electron chi connectivity index (χ2n) is 9.12. The number of hydrogen-bond donors (Lipinski definition) is 2. The number of nitrogens with one attached hydrogen (secondary N) is 1. The summed E-state index contributed by atoms with van der Waals surface area (Å²) in [5.74, 6) is 0.893. The molecule has 0 radical (unpaired) electrons. The van der Waals surface area contributed by atoms with E-state index >= 15 is 0 Å². The van der Waals surface area contributed by atoms with Gasteiger partial charge in [0.2, 0.25) is 5.91 Å². The molecule has 1 fully saturated rings. The van der Waals surface area contributed by atoms with Crippen LogP contribution in [0.3, 0.4) is 0 Å². The van der Waals surface area contributed by atoms with Crippen molar-refractivity contribution >= 4 is 21.2 Å². The van der Waals surface area contributed by atoms with Gasteiger partial charge < -0.3 is 23.7 Å². The fourth-order valence-corrected chi connectivity index (χ4v) is 5.57. The third-order valence-corrected chi connectivity index (χ3v) is 8.17. The Morgan fingerprint density at radius 3 is 1.94 bits per heavy atom. The second-order valence-corrected chi connectivity index (χ2v) is 12.2. The molecule has 8 heteroatoms. The van der Waals surface area contributed by atoms with Crippen molar-refractivity contribution in [2.75, 3.05) is 21.3 Å². The molecule has 1 amide bonds. The maximum absolute atomic E-state index is 12.4. The lowest BCUT2D eigenvalue weighted by Crippen LogP contribution is -2.45. The van der Waals surface area contributed by atoms with E-state index in [2.05, 4.69) is 19.2 Å². The summed E-state index contributed by atoms with van der Waals surface area (Å²) >= 11 is 0. The predicted octanol–water partition coefficient (Wildman–Crippen LogP) is 5.26. The topological polar surface area (TPSA) is 94.1 Å². The number of carboxylic acid groups (broad SMARTS) is 1. The van der Waals surface area contributed by atoms with Crippen LogP contribution in [-0.4, -0.2) is 53.2 Å². The van der Waals surface area contributed by atoms with Crippen molar-refractivity contribution in [2.45, 2.75) is 104 Å². The van der Waals surface area contributed by atoms with Crippen molar-refractivity contribution in [3.8, 4) is 0 Å². The summed E-state index contributed by atoms with van der Waals surface area (Å²) in [6, 6.07) is 0.814. The molecule has 0 spiro atoms.